The molecule has 1 atom stereocenters. The molecule has 0 radical (unpaired) electrons. The van der Waals surface area contributed by atoms with Crippen molar-refractivity contribution >= 4 is 40.0 Å². The Kier molecular flexibility index (Phi) is 3.93. The molecule has 0 N–H and O–H groups in total. The van der Waals surface area contributed by atoms with Crippen LogP contribution < -0.4 is 0 Å². The summed E-state index contributed by atoms with van der Waals surface area (Å²) in [6.45, 7) is 0.797. The number of carbonyl (C=O) groups is 3. The molecule has 13 heavy (non-hydrogen) atoms. The molecule has 0 heterocycles. The van der Waals surface area contributed by atoms with Crippen LogP contribution in [0.3, 0.4) is 0 Å². The molecule has 0 aliphatic heterocycles. The Balaban J connectivity index is 4.89. The molecule has 0 aliphatic rings. The highest BCUT2D eigenvalue weighted by atomic mass is 35.5. The second-order valence-corrected chi connectivity index (χ2v) is 3.06. The summed E-state index contributed by atoms with van der Waals surface area (Å²) in [7, 11) is 0. The quantitative estimate of drug-likeness (QED) is 0.418. The summed E-state index contributed by atoms with van der Waals surface area (Å²) < 4.78 is 24.3. The fourth-order valence-corrected chi connectivity index (χ4v) is 0.973. The minimum absolute atomic E-state index is 0.797. The predicted molar refractivity (Wildman–Crippen MR) is 40.8 cm³/mol. The molecule has 0 aromatic carbocycles. The summed E-state index contributed by atoms with van der Waals surface area (Å²) >= 11 is 9.09. The maximum Gasteiger partial charge on any atom is 0.381 e. The highest BCUT2D eigenvalue weighted by Crippen LogP contribution is 2.25. The van der Waals surface area contributed by atoms with E-state index in [2.05, 4.69) is 11.6 Å². The molecule has 0 aliphatic carbocycles. The summed E-state index contributed by atoms with van der Waals surface area (Å²) in [5.74, 6) is -5.25. The highest BCUT2D eigenvalue weighted by molar-refractivity contribution is 6.68. The van der Waals surface area contributed by atoms with Crippen LogP contribution in [0.2, 0.25) is 0 Å². The lowest BCUT2D eigenvalue weighted by Crippen LogP contribution is -2.37. The fraction of sp³-hybridized carbons (Fsp3) is 0.500. The first kappa shape index (κ1) is 12.4. The lowest BCUT2D eigenvalue weighted by Gasteiger charge is -2.11. The Morgan fingerprint density at radius 1 is 1.31 bits per heavy atom. The summed E-state index contributed by atoms with van der Waals surface area (Å²) in [6, 6.07) is 0. The van der Waals surface area contributed by atoms with Gasteiger partial charge in [0.15, 0.2) is 5.92 Å². The van der Waals surface area contributed by atoms with E-state index in [1.165, 1.54) is 0 Å². The number of carbonyl (C=O) groups excluding carboxylic acids is 3. The average molecular weight is 233 g/mol. The van der Waals surface area contributed by atoms with Crippen LogP contribution in [0.4, 0.5) is 8.78 Å². The monoisotopic (exact) mass is 232 g/mol. The van der Waals surface area contributed by atoms with Crippen LogP contribution in [0.15, 0.2) is 0 Å². The van der Waals surface area contributed by atoms with Crippen LogP contribution in [0.5, 0.6) is 0 Å². The van der Waals surface area contributed by atoms with Crippen LogP contribution in [0.1, 0.15) is 6.92 Å². The van der Waals surface area contributed by atoms with Gasteiger partial charge < -0.3 is 0 Å². The Bertz CT molecular complexity index is 245. The van der Waals surface area contributed by atoms with E-state index in [-0.39, 0.29) is 0 Å². The fourth-order valence-electron chi connectivity index (χ4n) is 0.611. The molecule has 0 aromatic heterocycles. The third-order valence-corrected chi connectivity index (χ3v) is 1.58. The van der Waals surface area contributed by atoms with Crippen molar-refractivity contribution in [3.8, 4) is 0 Å². The van der Waals surface area contributed by atoms with Gasteiger partial charge in [0, 0.05) is 0 Å². The van der Waals surface area contributed by atoms with Crippen LogP contribution >= 0.6 is 23.2 Å². The van der Waals surface area contributed by atoms with Crippen molar-refractivity contribution in [1.29, 1.82) is 0 Å². The Labute approximate surface area is 82.0 Å². The van der Waals surface area contributed by atoms with Gasteiger partial charge in [-0.25, -0.2) is 0 Å². The van der Waals surface area contributed by atoms with Crippen LogP contribution in [-0.2, 0) is 14.4 Å². The average Bonchev–Trinajstić information content (AvgIpc) is 1.82. The van der Waals surface area contributed by atoms with Gasteiger partial charge in [0.05, 0.1) is 0 Å². The molecule has 0 amide bonds. The summed E-state index contributed by atoms with van der Waals surface area (Å²) in [5.41, 5.74) is 0. The van der Waals surface area contributed by atoms with Crippen molar-refractivity contribution in [3.63, 3.8) is 0 Å². The number of ketones is 2. The number of halogens is 4. The minimum Gasteiger partial charge on any atom is -0.299 e. The zero-order valence-electron chi connectivity index (χ0n) is 6.31. The first-order valence-electron chi connectivity index (χ1n) is 2.98. The number of Topliss-reactive ketones (excluding diaryl/α,β-unsaturated/α-hetero) is 2. The van der Waals surface area contributed by atoms with Gasteiger partial charge in [-0.15, -0.1) is 0 Å². The Morgan fingerprint density at radius 2 is 1.69 bits per heavy atom. The van der Waals surface area contributed by atoms with Crippen molar-refractivity contribution in [3.05, 3.63) is 0 Å². The van der Waals surface area contributed by atoms with Crippen molar-refractivity contribution in [2.24, 2.45) is 5.92 Å². The smallest absolute Gasteiger partial charge is 0.299 e. The van der Waals surface area contributed by atoms with E-state index >= 15 is 0 Å². The molecule has 0 rings (SSSR count). The Morgan fingerprint density at radius 3 is 1.77 bits per heavy atom. The van der Waals surface area contributed by atoms with Crippen LogP contribution in [-0.4, -0.2) is 22.2 Å². The maximum atomic E-state index is 12.1. The molecular weight excluding hydrogens is 229 g/mol. The molecule has 74 valence electrons. The van der Waals surface area contributed by atoms with E-state index < -0.39 is 28.1 Å². The topological polar surface area (TPSA) is 51.2 Å². The van der Waals surface area contributed by atoms with Crippen molar-refractivity contribution in [1.82, 2.24) is 0 Å². The molecular formula is C6H4Cl2F2O3. The zero-order valence-corrected chi connectivity index (χ0v) is 7.83. The van der Waals surface area contributed by atoms with Gasteiger partial charge in [-0.1, -0.05) is 0 Å². The van der Waals surface area contributed by atoms with E-state index in [0.717, 1.165) is 6.92 Å². The molecule has 1 unspecified atom stereocenters. The minimum atomic E-state index is -4.25. The molecule has 0 saturated carbocycles. The third kappa shape index (κ3) is 3.36. The van der Waals surface area contributed by atoms with Gasteiger partial charge in [-0.05, 0) is 30.1 Å². The van der Waals surface area contributed by atoms with Gasteiger partial charge in [0.25, 0.3) is 0 Å². The maximum absolute atomic E-state index is 12.1. The largest absolute Gasteiger partial charge is 0.381 e. The zero-order chi connectivity index (χ0) is 10.8. The first-order valence-corrected chi connectivity index (χ1v) is 3.74. The van der Waals surface area contributed by atoms with E-state index in [1.54, 1.807) is 0 Å². The van der Waals surface area contributed by atoms with Gasteiger partial charge in [-0.3, -0.25) is 14.4 Å². The molecule has 3 nitrogen and oxygen atoms in total. The molecule has 0 spiro atoms. The van der Waals surface area contributed by atoms with Crippen molar-refractivity contribution < 1.29 is 23.2 Å². The number of hydrogen-bond donors (Lipinski definition) is 0. The lowest BCUT2D eigenvalue weighted by atomic mass is 10.0. The first-order chi connectivity index (χ1) is 5.68. The highest BCUT2D eigenvalue weighted by Gasteiger charge is 2.45. The predicted octanol–water partition coefficient (Wildman–Crippen LogP) is 1.36. The van der Waals surface area contributed by atoms with E-state index in [0.29, 0.717) is 0 Å². The summed E-state index contributed by atoms with van der Waals surface area (Å²) in [4.78, 5) is 31.6. The lowest BCUT2D eigenvalue weighted by molar-refractivity contribution is -0.145. The van der Waals surface area contributed by atoms with Crippen molar-refractivity contribution in [2.75, 3.05) is 0 Å². The Hall–Kier alpha value is -0.550. The third-order valence-electron chi connectivity index (χ3n) is 1.18. The van der Waals surface area contributed by atoms with E-state index in [4.69, 9.17) is 11.6 Å². The van der Waals surface area contributed by atoms with Gasteiger partial charge in [0.1, 0.15) is 5.78 Å². The summed E-state index contributed by atoms with van der Waals surface area (Å²) in [5, 5.41) is -5.71. The number of rotatable bonds is 4. The normalized spacial score (nSPS) is 13.6. The molecule has 0 saturated heterocycles. The van der Waals surface area contributed by atoms with Gasteiger partial charge in [-0.2, -0.15) is 8.78 Å². The second kappa shape index (κ2) is 4.11. The number of hydrogen-bond acceptors (Lipinski definition) is 3. The van der Waals surface area contributed by atoms with Crippen LogP contribution in [0, 0.1) is 5.92 Å². The second-order valence-electron chi connectivity index (χ2n) is 2.21. The van der Waals surface area contributed by atoms with Gasteiger partial charge >= 0.3 is 5.38 Å². The van der Waals surface area contributed by atoms with Gasteiger partial charge in [0.2, 0.25) is 11.0 Å². The van der Waals surface area contributed by atoms with Crippen molar-refractivity contribution in [2.45, 2.75) is 12.3 Å². The molecule has 0 bridgehead atoms. The van der Waals surface area contributed by atoms with E-state index in [9.17, 15) is 23.2 Å². The molecule has 7 heteroatoms. The standard InChI is InChI=1S/C6H4Cl2F2O3/c1-2(11)3(5(7)13)4(12)6(8,9)10/h3H,1H3. The SMILES string of the molecule is CC(=O)C(C(=O)Cl)C(=O)C(F)(F)Cl. The summed E-state index contributed by atoms with van der Waals surface area (Å²) in [6.07, 6.45) is 0. The molecule has 0 aromatic rings. The van der Waals surface area contributed by atoms with E-state index in [1.807, 2.05) is 0 Å². The number of alkyl halides is 3. The molecule has 0 fully saturated rings. The van der Waals surface area contributed by atoms with Crippen LogP contribution in [0.25, 0.3) is 0 Å².